The zero-order valence-electron chi connectivity index (χ0n) is 16.8. The van der Waals surface area contributed by atoms with Crippen molar-refractivity contribution in [2.45, 2.75) is 6.42 Å². The first-order chi connectivity index (χ1) is 15.1. The van der Waals surface area contributed by atoms with Crippen molar-refractivity contribution in [3.05, 3.63) is 101 Å². The van der Waals surface area contributed by atoms with Gasteiger partial charge in [0.1, 0.15) is 11.5 Å². The number of methoxy groups -OCH3 is 1. The molecule has 4 rings (SSSR count). The molecule has 0 bridgehead atoms. The van der Waals surface area contributed by atoms with E-state index in [0.717, 1.165) is 5.56 Å². The number of benzene rings is 3. The number of nitrogens with zero attached hydrogens (tertiary/aromatic N) is 1. The number of cyclic esters (lactones) is 1. The van der Waals surface area contributed by atoms with Gasteiger partial charge in [-0.1, -0.05) is 48.5 Å². The SMILES string of the molecule is COc1ccc(C2=N/C(=C/c3ccccc3OC(=O)Cc3ccccc3)C(=O)O2)cc1. The fraction of sp³-hybridized carbons (Fsp3) is 0.0800. The van der Waals surface area contributed by atoms with Crippen LogP contribution >= 0.6 is 0 Å². The van der Waals surface area contributed by atoms with Crippen LogP contribution in [0.25, 0.3) is 6.08 Å². The Morgan fingerprint density at radius 3 is 2.42 bits per heavy atom. The molecule has 0 saturated heterocycles. The molecule has 1 aliphatic heterocycles. The van der Waals surface area contributed by atoms with E-state index in [1.165, 1.54) is 0 Å². The standard InChI is InChI=1S/C25H19NO5/c1-29-20-13-11-18(12-14-20)24-26-21(25(28)31-24)16-19-9-5-6-10-22(19)30-23(27)15-17-7-3-2-4-8-17/h2-14,16H,15H2,1H3/b21-16+. The third-order valence-electron chi connectivity index (χ3n) is 4.58. The van der Waals surface area contributed by atoms with Gasteiger partial charge in [0.15, 0.2) is 5.70 Å². The van der Waals surface area contributed by atoms with Crippen LogP contribution < -0.4 is 9.47 Å². The highest BCUT2D eigenvalue weighted by Gasteiger charge is 2.24. The van der Waals surface area contributed by atoms with Crippen molar-refractivity contribution in [2.24, 2.45) is 4.99 Å². The van der Waals surface area contributed by atoms with Gasteiger partial charge in [0.2, 0.25) is 5.90 Å². The highest BCUT2D eigenvalue weighted by molar-refractivity contribution is 6.13. The van der Waals surface area contributed by atoms with Crippen LogP contribution in [0.3, 0.4) is 0 Å². The Kier molecular flexibility index (Phi) is 5.89. The highest BCUT2D eigenvalue weighted by atomic mass is 16.6. The number of para-hydroxylation sites is 1. The lowest BCUT2D eigenvalue weighted by Gasteiger charge is -2.07. The predicted molar refractivity (Wildman–Crippen MR) is 116 cm³/mol. The fourth-order valence-corrected chi connectivity index (χ4v) is 3.03. The lowest BCUT2D eigenvalue weighted by Crippen LogP contribution is -2.12. The molecule has 0 aromatic heterocycles. The van der Waals surface area contributed by atoms with Gasteiger partial charge < -0.3 is 14.2 Å². The summed E-state index contributed by atoms with van der Waals surface area (Å²) in [6.07, 6.45) is 1.69. The summed E-state index contributed by atoms with van der Waals surface area (Å²) in [5.41, 5.74) is 2.18. The second kappa shape index (κ2) is 9.09. The second-order valence-corrected chi connectivity index (χ2v) is 6.74. The Labute approximate surface area is 179 Å². The maximum atomic E-state index is 12.4. The number of carbonyl (C=O) groups is 2. The minimum atomic E-state index is -0.573. The van der Waals surface area contributed by atoms with Gasteiger partial charge in [0.25, 0.3) is 0 Å². The van der Waals surface area contributed by atoms with E-state index in [1.54, 1.807) is 61.7 Å². The summed E-state index contributed by atoms with van der Waals surface area (Å²) in [5.74, 6) is 0.273. The Hall–Kier alpha value is -4.19. The topological polar surface area (TPSA) is 74.2 Å². The Morgan fingerprint density at radius 1 is 0.968 bits per heavy atom. The molecule has 154 valence electrons. The average molecular weight is 413 g/mol. The predicted octanol–water partition coefficient (Wildman–Crippen LogP) is 4.19. The third kappa shape index (κ3) is 4.87. The van der Waals surface area contributed by atoms with Crippen LogP contribution in [0.4, 0.5) is 0 Å². The summed E-state index contributed by atoms with van der Waals surface area (Å²) >= 11 is 0. The first kappa shape index (κ1) is 20.1. The van der Waals surface area contributed by atoms with Gasteiger partial charge in [-0.3, -0.25) is 4.79 Å². The van der Waals surface area contributed by atoms with Crippen LogP contribution in [-0.4, -0.2) is 24.9 Å². The van der Waals surface area contributed by atoms with E-state index in [2.05, 4.69) is 4.99 Å². The van der Waals surface area contributed by atoms with E-state index in [9.17, 15) is 9.59 Å². The summed E-state index contributed by atoms with van der Waals surface area (Å²) in [6.45, 7) is 0. The molecular formula is C25H19NO5. The molecule has 3 aromatic rings. The monoisotopic (exact) mass is 413 g/mol. The molecular weight excluding hydrogens is 394 g/mol. The van der Waals surface area contributed by atoms with Crippen LogP contribution in [0.5, 0.6) is 11.5 Å². The summed E-state index contributed by atoms with van der Waals surface area (Å²) in [4.78, 5) is 29.0. The van der Waals surface area contributed by atoms with Crippen molar-refractivity contribution in [3.63, 3.8) is 0 Å². The molecule has 6 nitrogen and oxygen atoms in total. The summed E-state index contributed by atoms with van der Waals surface area (Å²) in [5, 5.41) is 0. The number of carbonyl (C=O) groups excluding carboxylic acids is 2. The van der Waals surface area contributed by atoms with Gasteiger partial charge in [0, 0.05) is 11.1 Å². The van der Waals surface area contributed by atoms with Gasteiger partial charge >= 0.3 is 11.9 Å². The van der Waals surface area contributed by atoms with E-state index in [-0.39, 0.29) is 18.0 Å². The lowest BCUT2D eigenvalue weighted by molar-refractivity contribution is -0.133. The van der Waals surface area contributed by atoms with Crippen LogP contribution in [-0.2, 0) is 20.7 Å². The molecule has 3 aromatic carbocycles. The van der Waals surface area contributed by atoms with Crippen molar-refractivity contribution in [1.29, 1.82) is 0 Å². The van der Waals surface area contributed by atoms with E-state index >= 15 is 0 Å². The van der Waals surface area contributed by atoms with Gasteiger partial charge in [-0.05, 0) is 42.0 Å². The van der Waals surface area contributed by atoms with Crippen LogP contribution in [0.1, 0.15) is 16.7 Å². The minimum Gasteiger partial charge on any atom is -0.497 e. The van der Waals surface area contributed by atoms with Gasteiger partial charge in [-0.2, -0.15) is 0 Å². The first-order valence-corrected chi connectivity index (χ1v) is 9.63. The van der Waals surface area contributed by atoms with E-state index < -0.39 is 11.9 Å². The van der Waals surface area contributed by atoms with Crippen LogP contribution in [0.15, 0.2) is 89.6 Å². The molecule has 0 amide bonds. The number of esters is 2. The maximum Gasteiger partial charge on any atom is 0.363 e. The fourth-order valence-electron chi connectivity index (χ4n) is 3.03. The molecule has 1 heterocycles. The normalized spacial score (nSPS) is 14.2. The third-order valence-corrected chi connectivity index (χ3v) is 4.58. The summed E-state index contributed by atoms with van der Waals surface area (Å²) in [6, 6.07) is 23.3. The Balaban J connectivity index is 1.55. The van der Waals surface area contributed by atoms with Gasteiger partial charge in [0.05, 0.1) is 13.5 Å². The number of ether oxygens (including phenoxy) is 3. The van der Waals surface area contributed by atoms with Crippen molar-refractivity contribution in [1.82, 2.24) is 0 Å². The van der Waals surface area contributed by atoms with Crippen molar-refractivity contribution in [2.75, 3.05) is 7.11 Å². The van der Waals surface area contributed by atoms with Crippen molar-refractivity contribution in [3.8, 4) is 11.5 Å². The smallest absolute Gasteiger partial charge is 0.363 e. The average Bonchev–Trinajstić information content (AvgIpc) is 3.16. The Bertz CT molecular complexity index is 1160. The molecule has 0 saturated carbocycles. The minimum absolute atomic E-state index is 0.123. The molecule has 6 heteroatoms. The zero-order valence-corrected chi connectivity index (χ0v) is 16.8. The van der Waals surface area contributed by atoms with E-state index in [4.69, 9.17) is 14.2 Å². The van der Waals surface area contributed by atoms with E-state index in [1.807, 2.05) is 30.3 Å². The number of hydrogen-bond acceptors (Lipinski definition) is 6. The number of hydrogen-bond donors (Lipinski definition) is 0. The van der Waals surface area contributed by atoms with Crippen LogP contribution in [0.2, 0.25) is 0 Å². The van der Waals surface area contributed by atoms with Gasteiger partial charge in [-0.15, -0.1) is 0 Å². The van der Waals surface area contributed by atoms with Crippen molar-refractivity contribution >= 4 is 23.9 Å². The molecule has 0 radical (unpaired) electrons. The highest BCUT2D eigenvalue weighted by Crippen LogP contribution is 2.25. The summed E-state index contributed by atoms with van der Waals surface area (Å²) < 4.78 is 16.0. The second-order valence-electron chi connectivity index (χ2n) is 6.74. The molecule has 0 aliphatic carbocycles. The Morgan fingerprint density at radius 2 is 1.68 bits per heavy atom. The number of rotatable bonds is 6. The van der Waals surface area contributed by atoms with Crippen molar-refractivity contribution < 1.29 is 23.8 Å². The first-order valence-electron chi connectivity index (χ1n) is 9.63. The molecule has 31 heavy (non-hydrogen) atoms. The lowest BCUT2D eigenvalue weighted by atomic mass is 10.1. The van der Waals surface area contributed by atoms with Gasteiger partial charge in [-0.25, -0.2) is 9.79 Å². The summed E-state index contributed by atoms with van der Waals surface area (Å²) in [7, 11) is 1.58. The quantitative estimate of drug-likeness (QED) is 0.344. The van der Waals surface area contributed by atoms with Crippen LogP contribution in [0, 0.1) is 0 Å². The molecule has 0 N–H and O–H groups in total. The maximum absolute atomic E-state index is 12.4. The number of aliphatic imine (C=N–C) groups is 1. The zero-order chi connectivity index (χ0) is 21.6. The molecule has 0 unspecified atom stereocenters. The largest absolute Gasteiger partial charge is 0.497 e. The molecule has 0 fully saturated rings. The molecule has 0 spiro atoms. The molecule has 1 aliphatic rings. The van der Waals surface area contributed by atoms with E-state index in [0.29, 0.717) is 22.6 Å². The molecule has 0 atom stereocenters.